The summed E-state index contributed by atoms with van der Waals surface area (Å²) in [7, 11) is -9.99. The Labute approximate surface area is 190 Å². The number of hydrogen-bond acceptors (Lipinski definition) is 12. The summed E-state index contributed by atoms with van der Waals surface area (Å²) >= 11 is 0. The van der Waals surface area contributed by atoms with Crippen LogP contribution in [0.5, 0.6) is 0 Å². The molecule has 0 aromatic heterocycles. The summed E-state index contributed by atoms with van der Waals surface area (Å²) < 4.78 is 87.6. The van der Waals surface area contributed by atoms with Gasteiger partial charge in [-0.05, 0) is 12.0 Å². The SMILES string of the molecule is CC(=O)NC1[C@H](C(C)C)OC(COS(=O)(=O)O)[C@@H](O[C@@H]2OC=C[C@H](O)C2OS(=O)(=O)O)[C@@H]1O. The Morgan fingerprint density at radius 3 is 2.27 bits per heavy atom. The van der Waals surface area contributed by atoms with E-state index in [0.29, 0.717) is 0 Å². The summed E-state index contributed by atoms with van der Waals surface area (Å²) in [6.45, 7) is 3.76. The van der Waals surface area contributed by atoms with E-state index in [4.69, 9.17) is 23.3 Å². The number of aliphatic hydroxyl groups is 2. The van der Waals surface area contributed by atoms with Crippen molar-refractivity contribution in [3.05, 3.63) is 12.3 Å². The van der Waals surface area contributed by atoms with Crippen LogP contribution in [-0.2, 0) is 48.2 Å². The van der Waals surface area contributed by atoms with Crippen molar-refractivity contribution in [2.75, 3.05) is 6.61 Å². The number of carbonyl (C=O) groups is 1. The van der Waals surface area contributed by atoms with E-state index in [0.717, 1.165) is 12.3 Å². The van der Waals surface area contributed by atoms with Gasteiger partial charge in [0.15, 0.2) is 6.10 Å². The molecule has 0 bridgehead atoms. The molecule has 0 radical (unpaired) electrons. The molecular weight excluding hydrogens is 494 g/mol. The fourth-order valence-corrected chi connectivity index (χ4v) is 4.26. The van der Waals surface area contributed by atoms with E-state index in [1.54, 1.807) is 13.8 Å². The molecule has 0 aromatic rings. The van der Waals surface area contributed by atoms with Crippen molar-refractivity contribution in [1.29, 1.82) is 0 Å². The van der Waals surface area contributed by atoms with Crippen LogP contribution in [0.4, 0.5) is 0 Å². The van der Waals surface area contributed by atoms with Crippen molar-refractivity contribution in [3.63, 3.8) is 0 Å². The molecule has 5 N–H and O–H groups in total. The Bertz CT molecular complexity index is 919. The maximum absolute atomic E-state index is 11.7. The van der Waals surface area contributed by atoms with Crippen molar-refractivity contribution in [1.82, 2.24) is 5.32 Å². The number of rotatable bonds is 9. The number of ether oxygens (including phenoxy) is 3. The third-order valence-corrected chi connectivity index (χ3v) is 5.68. The molecule has 1 fully saturated rings. The summed E-state index contributed by atoms with van der Waals surface area (Å²) in [6, 6.07) is -1.07. The van der Waals surface area contributed by atoms with Crippen molar-refractivity contribution in [2.24, 2.45) is 5.92 Å². The first-order valence-electron chi connectivity index (χ1n) is 9.63. The number of amides is 1. The third kappa shape index (κ3) is 8.09. The summed E-state index contributed by atoms with van der Waals surface area (Å²) in [5.74, 6) is -0.837. The minimum Gasteiger partial charge on any atom is -0.470 e. The zero-order chi connectivity index (χ0) is 25.1. The normalized spacial score (nSPS) is 35.3. The largest absolute Gasteiger partial charge is 0.470 e. The van der Waals surface area contributed by atoms with Crippen molar-refractivity contribution in [2.45, 2.75) is 69.7 Å². The van der Waals surface area contributed by atoms with Gasteiger partial charge in [0.1, 0.15) is 24.4 Å². The first-order chi connectivity index (χ1) is 15.1. The Balaban J connectivity index is 2.37. The summed E-state index contributed by atoms with van der Waals surface area (Å²) in [4.78, 5) is 11.7. The molecule has 2 rings (SSSR count). The van der Waals surface area contributed by atoms with E-state index in [1.807, 2.05) is 0 Å². The summed E-state index contributed by atoms with van der Waals surface area (Å²) in [5, 5.41) is 23.5. The predicted molar refractivity (Wildman–Crippen MR) is 106 cm³/mol. The van der Waals surface area contributed by atoms with Gasteiger partial charge < -0.3 is 29.7 Å². The Hall–Kier alpha value is -1.41. The fourth-order valence-electron chi connectivity index (χ4n) is 3.47. The van der Waals surface area contributed by atoms with Crippen molar-refractivity contribution < 1.29 is 63.5 Å². The zero-order valence-corrected chi connectivity index (χ0v) is 19.4. The minimum absolute atomic E-state index is 0.308. The Kier molecular flexibility index (Phi) is 9.19. The molecule has 2 heterocycles. The van der Waals surface area contributed by atoms with E-state index in [9.17, 15) is 31.8 Å². The van der Waals surface area contributed by atoms with Crippen LogP contribution in [-0.4, -0.2) is 97.6 Å². The lowest BCUT2D eigenvalue weighted by Gasteiger charge is -2.47. The molecule has 3 unspecified atom stereocenters. The van der Waals surface area contributed by atoms with E-state index < -0.39 is 82.3 Å². The molecule has 17 heteroatoms. The summed E-state index contributed by atoms with van der Waals surface area (Å²) in [6.07, 6.45) is -8.68. The highest BCUT2D eigenvalue weighted by Crippen LogP contribution is 2.31. The predicted octanol–water partition coefficient (Wildman–Crippen LogP) is -2.10. The van der Waals surface area contributed by atoms with Gasteiger partial charge in [0.05, 0.1) is 25.0 Å². The molecule has 0 aliphatic carbocycles. The highest BCUT2D eigenvalue weighted by molar-refractivity contribution is 7.81. The van der Waals surface area contributed by atoms with Gasteiger partial charge in [0.25, 0.3) is 0 Å². The molecule has 15 nitrogen and oxygen atoms in total. The smallest absolute Gasteiger partial charge is 0.397 e. The molecule has 8 atom stereocenters. The van der Waals surface area contributed by atoms with E-state index in [1.165, 1.54) is 6.92 Å². The van der Waals surface area contributed by atoms with Crippen LogP contribution in [0.25, 0.3) is 0 Å². The van der Waals surface area contributed by atoms with Crippen LogP contribution in [0.3, 0.4) is 0 Å². The number of hydrogen-bond donors (Lipinski definition) is 5. The maximum Gasteiger partial charge on any atom is 0.397 e. The molecular formula is C16H27NO14S2. The number of aliphatic hydroxyl groups excluding tert-OH is 2. The lowest BCUT2D eigenvalue weighted by atomic mass is 9.87. The fraction of sp³-hybridized carbons (Fsp3) is 0.812. The zero-order valence-electron chi connectivity index (χ0n) is 17.7. The van der Waals surface area contributed by atoms with Crippen LogP contribution < -0.4 is 5.32 Å². The molecule has 0 aromatic carbocycles. The minimum atomic E-state index is -5.08. The van der Waals surface area contributed by atoms with Crippen LogP contribution in [0.15, 0.2) is 12.3 Å². The van der Waals surface area contributed by atoms with E-state index >= 15 is 0 Å². The second-order valence-electron chi connectivity index (χ2n) is 7.73. The van der Waals surface area contributed by atoms with Gasteiger partial charge in [0.2, 0.25) is 12.2 Å². The molecule has 2 aliphatic heterocycles. The molecule has 0 saturated carbocycles. The number of nitrogens with one attached hydrogen (secondary N) is 1. The monoisotopic (exact) mass is 521 g/mol. The lowest BCUT2D eigenvalue weighted by molar-refractivity contribution is -0.279. The first kappa shape index (κ1) is 27.8. The molecule has 2 aliphatic rings. The average Bonchev–Trinajstić information content (AvgIpc) is 2.64. The van der Waals surface area contributed by atoms with E-state index in [-0.39, 0.29) is 5.92 Å². The van der Waals surface area contributed by atoms with Gasteiger partial charge in [-0.25, -0.2) is 8.37 Å². The Morgan fingerprint density at radius 1 is 1.12 bits per heavy atom. The van der Waals surface area contributed by atoms with Crippen LogP contribution in [0.2, 0.25) is 0 Å². The third-order valence-electron chi connectivity index (χ3n) is 4.78. The number of carbonyl (C=O) groups excluding carboxylic acids is 1. The topological polar surface area (TPSA) is 224 Å². The van der Waals surface area contributed by atoms with Gasteiger partial charge in [-0.3, -0.25) is 13.9 Å². The second kappa shape index (κ2) is 10.9. The standard InChI is InChI=1S/C16H27NO14S2/c1-7(2)13-11(17-8(3)18)12(20)15(10(29-13)6-28-32(21,22)23)30-16-14(31-33(24,25)26)9(19)4-5-27-16/h4-5,7,9-16,19-20H,6H2,1-3H3,(H,17,18)(H,21,22,23)(H,24,25,26)/t9-,10?,11?,12+,13-,14?,15+,16-/m0/s1. The quantitative estimate of drug-likeness (QED) is 0.205. The Morgan fingerprint density at radius 2 is 1.76 bits per heavy atom. The van der Waals surface area contributed by atoms with Crippen LogP contribution in [0.1, 0.15) is 20.8 Å². The van der Waals surface area contributed by atoms with Crippen LogP contribution in [0, 0.1) is 5.92 Å². The molecule has 33 heavy (non-hydrogen) atoms. The highest BCUT2D eigenvalue weighted by Gasteiger charge is 2.50. The molecule has 0 spiro atoms. The second-order valence-corrected chi connectivity index (χ2v) is 9.86. The van der Waals surface area contributed by atoms with Gasteiger partial charge in [-0.15, -0.1) is 0 Å². The van der Waals surface area contributed by atoms with Crippen LogP contribution >= 0.6 is 0 Å². The first-order valence-corrected chi connectivity index (χ1v) is 12.4. The van der Waals surface area contributed by atoms with Gasteiger partial charge in [-0.1, -0.05) is 13.8 Å². The van der Waals surface area contributed by atoms with Crippen molar-refractivity contribution in [3.8, 4) is 0 Å². The average molecular weight is 522 g/mol. The van der Waals surface area contributed by atoms with Gasteiger partial charge >= 0.3 is 20.8 Å². The highest BCUT2D eigenvalue weighted by atomic mass is 32.3. The summed E-state index contributed by atoms with van der Waals surface area (Å²) in [5.41, 5.74) is 0. The van der Waals surface area contributed by atoms with Crippen molar-refractivity contribution >= 4 is 26.7 Å². The molecule has 192 valence electrons. The molecule has 1 amide bonds. The van der Waals surface area contributed by atoms with Gasteiger partial charge in [-0.2, -0.15) is 16.8 Å². The lowest BCUT2D eigenvalue weighted by Crippen LogP contribution is -2.67. The van der Waals surface area contributed by atoms with E-state index in [2.05, 4.69) is 13.7 Å². The molecule has 1 saturated heterocycles. The van der Waals surface area contributed by atoms with Gasteiger partial charge in [0, 0.05) is 6.92 Å². The maximum atomic E-state index is 11.7.